The molecule has 0 aliphatic carbocycles. The summed E-state index contributed by atoms with van der Waals surface area (Å²) in [6.45, 7) is 1.73. The lowest BCUT2D eigenvalue weighted by molar-refractivity contribution is -0.116. The van der Waals surface area contributed by atoms with E-state index in [-0.39, 0.29) is 23.8 Å². The van der Waals surface area contributed by atoms with Gasteiger partial charge in [0.05, 0.1) is 19.2 Å². The van der Waals surface area contributed by atoms with Gasteiger partial charge in [0.25, 0.3) is 5.91 Å². The molecule has 0 heterocycles. The third-order valence-electron chi connectivity index (χ3n) is 3.62. The topological polar surface area (TPSA) is 78.9 Å². The van der Waals surface area contributed by atoms with Crippen LogP contribution in [-0.4, -0.2) is 42.5 Å². The molecule has 0 bridgehead atoms. The van der Waals surface area contributed by atoms with E-state index in [2.05, 4.69) is 21.2 Å². The monoisotopic (exact) mass is 406 g/mol. The molecule has 132 valence electrons. The smallest absolute Gasteiger partial charge is 0.257 e. The molecule has 0 aliphatic heterocycles. The van der Waals surface area contributed by atoms with Crippen LogP contribution in [0.4, 0.5) is 5.69 Å². The van der Waals surface area contributed by atoms with Crippen molar-refractivity contribution in [2.24, 2.45) is 0 Å². The summed E-state index contributed by atoms with van der Waals surface area (Å²) in [5.74, 6) is -0.519. The maximum atomic E-state index is 12.5. The Kier molecular flexibility index (Phi) is 6.03. The Bertz CT molecular complexity index is 808. The summed E-state index contributed by atoms with van der Waals surface area (Å²) < 4.78 is 5.98. The summed E-state index contributed by atoms with van der Waals surface area (Å²) in [5.41, 5.74) is 1.66. The Morgan fingerprint density at radius 1 is 1.24 bits per heavy atom. The van der Waals surface area contributed by atoms with Crippen molar-refractivity contribution in [3.8, 4) is 11.5 Å². The van der Waals surface area contributed by atoms with Gasteiger partial charge in [-0.1, -0.05) is 15.9 Å². The number of anilines is 1. The van der Waals surface area contributed by atoms with E-state index in [0.717, 1.165) is 10.0 Å². The lowest BCUT2D eigenvalue weighted by Gasteiger charge is -2.18. The summed E-state index contributed by atoms with van der Waals surface area (Å²) in [6, 6.07) is 9.86. The van der Waals surface area contributed by atoms with Crippen LogP contribution in [0.2, 0.25) is 0 Å². The van der Waals surface area contributed by atoms with E-state index in [1.165, 1.54) is 31.2 Å². The number of halogens is 1. The van der Waals surface area contributed by atoms with Crippen molar-refractivity contribution < 1.29 is 19.4 Å². The van der Waals surface area contributed by atoms with Gasteiger partial charge < -0.3 is 20.1 Å². The molecule has 0 fully saturated rings. The second kappa shape index (κ2) is 8.02. The second-order valence-corrected chi connectivity index (χ2v) is 6.47. The molecule has 0 radical (unpaired) electrons. The van der Waals surface area contributed by atoms with Crippen LogP contribution >= 0.6 is 15.9 Å². The predicted octanol–water partition coefficient (Wildman–Crippen LogP) is 3.18. The Morgan fingerprint density at radius 2 is 1.96 bits per heavy atom. The maximum absolute atomic E-state index is 12.5. The number of ether oxygens (including phenoxy) is 1. The van der Waals surface area contributed by atoms with Gasteiger partial charge in [-0.15, -0.1) is 0 Å². The second-order valence-electron chi connectivity index (χ2n) is 5.55. The minimum absolute atomic E-state index is 0.0782. The number of likely N-dealkylation sites (N-methyl/N-ethyl adjacent to an activating group) is 1. The van der Waals surface area contributed by atoms with Gasteiger partial charge in [0.1, 0.15) is 11.5 Å². The fraction of sp³-hybridized carbons (Fsp3) is 0.222. The number of nitrogens with one attached hydrogen (secondary N) is 1. The van der Waals surface area contributed by atoms with Gasteiger partial charge in [-0.25, -0.2) is 0 Å². The van der Waals surface area contributed by atoms with Gasteiger partial charge in [-0.05, 0) is 48.9 Å². The number of carbonyl (C=O) groups excluding carboxylic acids is 2. The number of phenols is 1. The average Bonchev–Trinajstić information content (AvgIpc) is 2.57. The summed E-state index contributed by atoms with van der Waals surface area (Å²) in [5, 5.41) is 12.6. The van der Waals surface area contributed by atoms with Crippen LogP contribution in [-0.2, 0) is 4.79 Å². The van der Waals surface area contributed by atoms with E-state index in [1.54, 1.807) is 12.1 Å². The first-order chi connectivity index (χ1) is 11.8. The van der Waals surface area contributed by atoms with Crippen molar-refractivity contribution in [3.05, 3.63) is 52.0 Å². The first-order valence-corrected chi connectivity index (χ1v) is 8.29. The number of rotatable bonds is 5. The van der Waals surface area contributed by atoms with Crippen molar-refractivity contribution in [3.63, 3.8) is 0 Å². The number of phenolic OH excluding ortho intramolecular Hbond substituents is 1. The Labute approximate surface area is 154 Å². The zero-order valence-corrected chi connectivity index (χ0v) is 15.8. The average molecular weight is 407 g/mol. The normalized spacial score (nSPS) is 10.2. The molecule has 0 aromatic heterocycles. The highest BCUT2D eigenvalue weighted by Crippen LogP contribution is 2.24. The van der Waals surface area contributed by atoms with E-state index in [9.17, 15) is 14.7 Å². The minimum atomic E-state index is -0.473. The summed E-state index contributed by atoms with van der Waals surface area (Å²) in [7, 11) is 2.97. The van der Waals surface area contributed by atoms with Gasteiger partial charge in [-0.3, -0.25) is 9.59 Å². The molecule has 2 aromatic rings. The molecule has 0 aliphatic rings. The van der Waals surface area contributed by atoms with Crippen LogP contribution in [0.5, 0.6) is 11.5 Å². The van der Waals surface area contributed by atoms with E-state index in [1.807, 2.05) is 19.1 Å². The van der Waals surface area contributed by atoms with Crippen molar-refractivity contribution in [1.29, 1.82) is 0 Å². The fourth-order valence-electron chi connectivity index (χ4n) is 2.26. The molecule has 2 amide bonds. The van der Waals surface area contributed by atoms with Gasteiger partial charge >= 0.3 is 0 Å². The molecular formula is C18H19BrN2O4. The van der Waals surface area contributed by atoms with Crippen LogP contribution in [0.25, 0.3) is 0 Å². The van der Waals surface area contributed by atoms with Crippen LogP contribution in [0.1, 0.15) is 15.9 Å². The molecule has 0 spiro atoms. The van der Waals surface area contributed by atoms with E-state index in [4.69, 9.17) is 4.74 Å². The maximum Gasteiger partial charge on any atom is 0.257 e. The largest absolute Gasteiger partial charge is 0.507 e. The summed E-state index contributed by atoms with van der Waals surface area (Å²) in [6.07, 6.45) is 0. The molecule has 0 saturated carbocycles. The molecular weight excluding hydrogens is 388 g/mol. The van der Waals surface area contributed by atoms with Crippen molar-refractivity contribution in [2.75, 3.05) is 26.0 Å². The first kappa shape index (κ1) is 18.8. The van der Waals surface area contributed by atoms with Crippen LogP contribution < -0.4 is 10.1 Å². The highest BCUT2D eigenvalue weighted by atomic mass is 79.9. The Balaban J connectivity index is 2.06. The van der Waals surface area contributed by atoms with Crippen LogP contribution in [0.3, 0.4) is 0 Å². The highest BCUT2D eigenvalue weighted by molar-refractivity contribution is 9.10. The predicted molar refractivity (Wildman–Crippen MR) is 99.1 cm³/mol. The molecule has 2 rings (SSSR count). The lowest BCUT2D eigenvalue weighted by Crippen LogP contribution is -2.35. The number of hydrogen-bond acceptors (Lipinski definition) is 4. The van der Waals surface area contributed by atoms with Gasteiger partial charge in [0.15, 0.2) is 0 Å². The first-order valence-electron chi connectivity index (χ1n) is 7.50. The number of carbonyl (C=O) groups is 2. The third-order valence-corrected chi connectivity index (χ3v) is 4.12. The molecule has 2 N–H and O–H groups in total. The van der Waals surface area contributed by atoms with Crippen molar-refractivity contribution in [2.45, 2.75) is 6.92 Å². The Hall–Kier alpha value is -2.54. The zero-order chi connectivity index (χ0) is 18.6. The standard InChI is InChI=1S/C18H19BrN2O4/c1-11-8-12(19)4-6-15(11)20-17(23)10-21(2)18(24)14-9-13(25-3)5-7-16(14)22/h4-9,22H,10H2,1-3H3,(H,20,23). The lowest BCUT2D eigenvalue weighted by atomic mass is 10.1. The highest BCUT2D eigenvalue weighted by Gasteiger charge is 2.19. The molecule has 7 heteroatoms. The summed E-state index contributed by atoms with van der Waals surface area (Å²) >= 11 is 3.37. The summed E-state index contributed by atoms with van der Waals surface area (Å²) in [4.78, 5) is 25.9. The van der Waals surface area contributed by atoms with Gasteiger partial charge in [0.2, 0.25) is 5.91 Å². The third kappa shape index (κ3) is 4.73. The molecule has 2 aromatic carbocycles. The van der Waals surface area contributed by atoms with E-state index >= 15 is 0 Å². The van der Waals surface area contributed by atoms with Crippen LogP contribution in [0, 0.1) is 6.92 Å². The zero-order valence-electron chi connectivity index (χ0n) is 14.2. The number of aromatic hydroxyl groups is 1. The van der Waals surface area contributed by atoms with Gasteiger partial charge in [0, 0.05) is 17.2 Å². The van der Waals surface area contributed by atoms with E-state index in [0.29, 0.717) is 11.4 Å². The van der Waals surface area contributed by atoms with E-state index < -0.39 is 5.91 Å². The fourth-order valence-corrected chi connectivity index (χ4v) is 2.74. The quantitative estimate of drug-likeness (QED) is 0.798. The Morgan fingerprint density at radius 3 is 2.60 bits per heavy atom. The molecule has 0 saturated heterocycles. The SMILES string of the molecule is COc1ccc(O)c(C(=O)N(C)CC(=O)Nc2ccc(Br)cc2C)c1. The molecule has 0 atom stereocenters. The minimum Gasteiger partial charge on any atom is -0.507 e. The molecule has 25 heavy (non-hydrogen) atoms. The van der Waals surface area contributed by atoms with Gasteiger partial charge in [-0.2, -0.15) is 0 Å². The number of nitrogens with zero attached hydrogens (tertiary/aromatic N) is 1. The van der Waals surface area contributed by atoms with Crippen molar-refractivity contribution >= 4 is 33.4 Å². The number of aryl methyl sites for hydroxylation is 1. The number of hydrogen-bond donors (Lipinski definition) is 2. The number of amides is 2. The number of methoxy groups -OCH3 is 1. The van der Waals surface area contributed by atoms with Crippen molar-refractivity contribution in [1.82, 2.24) is 4.90 Å². The number of benzene rings is 2. The van der Waals surface area contributed by atoms with Crippen LogP contribution in [0.15, 0.2) is 40.9 Å². The molecule has 0 unspecified atom stereocenters. The molecule has 6 nitrogen and oxygen atoms in total.